The zero-order chi connectivity index (χ0) is 15.4. The number of nitrogens with two attached hydrogens (primary N) is 1. The van der Waals surface area contributed by atoms with E-state index >= 15 is 0 Å². The number of nitrogens with zero attached hydrogens (tertiary/aromatic N) is 1. The van der Waals surface area contributed by atoms with E-state index in [4.69, 9.17) is 10.5 Å². The first kappa shape index (κ1) is 18.2. The summed E-state index contributed by atoms with van der Waals surface area (Å²) >= 11 is 0. The van der Waals surface area contributed by atoms with E-state index in [1.54, 1.807) is 0 Å². The van der Waals surface area contributed by atoms with E-state index < -0.39 is 6.04 Å². The molecule has 2 aliphatic heterocycles. The minimum absolute atomic E-state index is 0. The molecule has 1 unspecified atom stereocenters. The number of rotatable bonds is 3. The van der Waals surface area contributed by atoms with E-state index in [2.05, 4.69) is 0 Å². The van der Waals surface area contributed by atoms with E-state index in [-0.39, 0.29) is 18.3 Å². The second kappa shape index (κ2) is 8.67. The van der Waals surface area contributed by atoms with Crippen molar-refractivity contribution in [2.75, 3.05) is 26.3 Å². The normalized spacial score (nSPS) is 21.5. The van der Waals surface area contributed by atoms with Crippen LogP contribution in [0.1, 0.15) is 37.3 Å². The first-order chi connectivity index (χ1) is 10.8. The smallest absolute Gasteiger partial charge is 0.244 e. The number of amides is 1. The summed E-state index contributed by atoms with van der Waals surface area (Å²) in [6, 6.07) is 9.13. The summed E-state index contributed by atoms with van der Waals surface area (Å²) in [6.07, 6.45) is 4.58. The lowest BCUT2D eigenvalue weighted by Gasteiger charge is -2.38. The Balaban J connectivity index is 0.00000192. The molecule has 1 aromatic carbocycles. The fourth-order valence-corrected chi connectivity index (χ4v) is 3.78. The van der Waals surface area contributed by atoms with Crippen LogP contribution in [0.3, 0.4) is 0 Å². The van der Waals surface area contributed by atoms with E-state index in [0.717, 1.165) is 56.5 Å². The molecule has 23 heavy (non-hydrogen) atoms. The maximum atomic E-state index is 12.6. The predicted molar refractivity (Wildman–Crippen MR) is 93.5 cm³/mol. The molecule has 1 amide bonds. The summed E-state index contributed by atoms with van der Waals surface area (Å²) in [5, 5.41) is 0. The molecule has 4 nitrogen and oxygen atoms in total. The van der Waals surface area contributed by atoms with Gasteiger partial charge in [0.2, 0.25) is 5.91 Å². The second-order valence-electron chi connectivity index (χ2n) is 6.50. The maximum Gasteiger partial charge on any atom is 0.244 e. The average molecular weight is 339 g/mol. The van der Waals surface area contributed by atoms with Gasteiger partial charge in [0.05, 0.1) is 0 Å². The number of carbonyl (C=O) groups excluding carboxylic acids is 1. The van der Waals surface area contributed by atoms with E-state index in [0.29, 0.717) is 0 Å². The van der Waals surface area contributed by atoms with Crippen LogP contribution >= 0.6 is 12.4 Å². The Kier molecular flexibility index (Phi) is 6.88. The Bertz CT molecular complexity index is 483. The zero-order valence-corrected chi connectivity index (χ0v) is 14.3. The number of ether oxygens (including phenoxy) is 1. The van der Waals surface area contributed by atoms with Crippen LogP contribution in [0.2, 0.25) is 0 Å². The monoisotopic (exact) mass is 338 g/mol. The van der Waals surface area contributed by atoms with Crippen molar-refractivity contribution in [3.05, 3.63) is 35.9 Å². The van der Waals surface area contributed by atoms with Crippen LogP contribution < -0.4 is 5.73 Å². The quantitative estimate of drug-likeness (QED) is 0.922. The van der Waals surface area contributed by atoms with Crippen LogP contribution in [0, 0.1) is 11.8 Å². The van der Waals surface area contributed by atoms with Crippen LogP contribution in [0.4, 0.5) is 0 Å². The highest BCUT2D eigenvalue weighted by molar-refractivity contribution is 5.85. The maximum absolute atomic E-state index is 12.6. The zero-order valence-electron chi connectivity index (χ0n) is 13.5. The molecule has 0 bridgehead atoms. The molecule has 3 rings (SSSR count). The van der Waals surface area contributed by atoms with E-state index in [1.165, 1.54) is 12.8 Å². The third-order valence-corrected chi connectivity index (χ3v) is 5.21. The number of hydrogen-bond donors (Lipinski definition) is 1. The molecule has 128 valence electrons. The van der Waals surface area contributed by atoms with Crippen molar-refractivity contribution >= 4 is 18.3 Å². The fourth-order valence-electron chi connectivity index (χ4n) is 3.78. The Morgan fingerprint density at radius 1 is 1.04 bits per heavy atom. The first-order valence-electron chi connectivity index (χ1n) is 8.43. The van der Waals surface area contributed by atoms with E-state index in [1.807, 2.05) is 35.2 Å². The average Bonchev–Trinajstić information content (AvgIpc) is 2.62. The molecule has 2 heterocycles. The molecule has 2 saturated heterocycles. The molecule has 1 atom stereocenters. The van der Waals surface area contributed by atoms with Crippen molar-refractivity contribution in [1.29, 1.82) is 0 Å². The number of piperidine rings is 1. The highest BCUT2D eigenvalue weighted by Crippen LogP contribution is 2.32. The summed E-state index contributed by atoms with van der Waals surface area (Å²) in [7, 11) is 0. The van der Waals surface area contributed by atoms with Crippen molar-refractivity contribution < 1.29 is 9.53 Å². The molecule has 0 aliphatic carbocycles. The summed E-state index contributed by atoms with van der Waals surface area (Å²) in [5.41, 5.74) is 7.04. The van der Waals surface area contributed by atoms with Crippen molar-refractivity contribution in [3.63, 3.8) is 0 Å². The molecule has 0 radical (unpaired) electrons. The molecular formula is C18H27ClN2O2. The van der Waals surface area contributed by atoms with Gasteiger partial charge in [0, 0.05) is 26.3 Å². The van der Waals surface area contributed by atoms with Gasteiger partial charge in [-0.1, -0.05) is 30.3 Å². The Morgan fingerprint density at radius 2 is 1.61 bits per heavy atom. The van der Waals surface area contributed by atoms with Gasteiger partial charge in [0.15, 0.2) is 0 Å². The second-order valence-corrected chi connectivity index (χ2v) is 6.50. The lowest BCUT2D eigenvalue weighted by molar-refractivity contribution is -0.134. The Labute approximate surface area is 144 Å². The van der Waals surface area contributed by atoms with Gasteiger partial charge < -0.3 is 15.4 Å². The van der Waals surface area contributed by atoms with Crippen LogP contribution in [-0.4, -0.2) is 37.1 Å². The molecule has 0 aromatic heterocycles. The number of benzene rings is 1. The Morgan fingerprint density at radius 3 is 2.22 bits per heavy atom. The van der Waals surface area contributed by atoms with Crippen LogP contribution in [0.5, 0.6) is 0 Å². The molecule has 1 aromatic rings. The topological polar surface area (TPSA) is 55.6 Å². The molecule has 0 spiro atoms. The number of likely N-dealkylation sites (tertiary alicyclic amines) is 1. The number of hydrogen-bond acceptors (Lipinski definition) is 3. The SMILES string of the molecule is Cl.NC(C(=O)N1CCC(C2CCOCC2)CC1)c1ccccc1. The van der Waals surface area contributed by atoms with Gasteiger partial charge in [0.1, 0.15) is 6.04 Å². The van der Waals surface area contributed by atoms with Gasteiger partial charge in [-0.25, -0.2) is 0 Å². The summed E-state index contributed by atoms with van der Waals surface area (Å²) in [6.45, 7) is 3.51. The largest absolute Gasteiger partial charge is 0.381 e. The summed E-state index contributed by atoms with van der Waals surface area (Å²) in [5.74, 6) is 1.60. The minimum Gasteiger partial charge on any atom is -0.381 e. The van der Waals surface area contributed by atoms with Gasteiger partial charge >= 0.3 is 0 Å². The molecule has 5 heteroatoms. The molecule has 2 N–H and O–H groups in total. The van der Waals surface area contributed by atoms with Crippen molar-refractivity contribution in [3.8, 4) is 0 Å². The predicted octanol–water partition coefficient (Wildman–Crippen LogP) is 2.77. The number of halogens is 1. The van der Waals surface area contributed by atoms with Crippen LogP contribution in [-0.2, 0) is 9.53 Å². The molecular weight excluding hydrogens is 312 g/mol. The highest BCUT2D eigenvalue weighted by atomic mass is 35.5. The standard InChI is InChI=1S/C18H26N2O2.ClH/c19-17(16-4-2-1-3-5-16)18(21)20-10-6-14(7-11-20)15-8-12-22-13-9-15;/h1-5,14-15,17H,6-13,19H2;1H. The van der Waals surface area contributed by atoms with Gasteiger partial charge in [-0.05, 0) is 43.1 Å². The van der Waals surface area contributed by atoms with Gasteiger partial charge in [-0.2, -0.15) is 0 Å². The van der Waals surface area contributed by atoms with Gasteiger partial charge in [-0.3, -0.25) is 4.79 Å². The molecule has 2 fully saturated rings. The van der Waals surface area contributed by atoms with Crippen LogP contribution in [0.15, 0.2) is 30.3 Å². The lowest BCUT2D eigenvalue weighted by atomic mass is 9.80. The van der Waals surface area contributed by atoms with Gasteiger partial charge in [-0.15, -0.1) is 12.4 Å². The third kappa shape index (κ3) is 4.46. The summed E-state index contributed by atoms with van der Waals surface area (Å²) in [4.78, 5) is 14.5. The molecule has 2 aliphatic rings. The summed E-state index contributed by atoms with van der Waals surface area (Å²) < 4.78 is 5.45. The van der Waals surface area contributed by atoms with Crippen molar-refractivity contribution in [2.45, 2.75) is 31.7 Å². The van der Waals surface area contributed by atoms with Gasteiger partial charge in [0.25, 0.3) is 0 Å². The van der Waals surface area contributed by atoms with E-state index in [9.17, 15) is 4.79 Å². The minimum atomic E-state index is -0.527. The van der Waals surface area contributed by atoms with Crippen LogP contribution in [0.25, 0.3) is 0 Å². The Hall–Kier alpha value is -1.10. The first-order valence-corrected chi connectivity index (χ1v) is 8.43. The third-order valence-electron chi connectivity index (χ3n) is 5.21. The number of carbonyl (C=O) groups is 1. The molecule has 0 saturated carbocycles. The fraction of sp³-hybridized carbons (Fsp3) is 0.611. The van der Waals surface area contributed by atoms with Crippen molar-refractivity contribution in [2.24, 2.45) is 17.6 Å². The highest BCUT2D eigenvalue weighted by Gasteiger charge is 2.31. The lowest BCUT2D eigenvalue weighted by Crippen LogP contribution is -2.44. The van der Waals surface area contributed by atoms with Crippen molar-refractivity contribution in [1.82, 2.24) is 4.90 Å².